The molecule has 1 amide bonds. The van der Waals surface area contributed by atoms with Gasteiger partial charge < -0.3 is 25.3 Å². The highest BCUT2D eigenvalue weighted by Gasteiger charge is 2.09. The first-order chi connectivity index (χ1) is 11.6. The predicted octanol–water partition coefficient (Wildman–Crippen LogP) is 2.87. The standard InChI is InChI=1S/C18H22N2O4/c1-22-13-6-7-14(19)15(11-13)20-18(21)9-5-12-4-8-16(23-2)17(10-12)24-3/h4,6-8,10-11H,5,9,19H2,1-3H3,(H,20,21). The molecule has 0 atom stereocenters. The summed E-state index contributed by atoms with van der Waals surface area (Å²) in [6.07, 6.45) is 0.905. The second kappa shape index (κ2) is 8.10. The molecule has 0 spiro atoms. The molecule has 2 aromatic carbocycles. The van der Waals surface area contributed by atoms with Crippen molar-refractivity contribution in [2.24, 2.45) is 0 Å². The molecule has 0 heterocycles. The van der Waals surface area contributed by atoms with Crippen LogP contribution in [0.25, 0.3) is 0 Å². The summed E-state index contributed by atoms with van der Waals surface area (Å²) in [4.78, 5) is 12.2. The van der Waals surface area contributed by atoms with Crippen LogP contribution in [-0.2, 0) is 11.2 Å². The molecule has 0 saturated carbocycles. The number of anilines is 2. The van der Waals surface area contributed by atoms with Crippen molar-refractivity contribution in [3.8, 4) is 17.2 Å². The number of aryl methyl sites for hydroxylation is 1. The van der Waals surface area contributed by atoms with Gasteiger partial charge in [0.05, 0.1) is 32.7 Å². The summed E-state index contributed by atoms with van der Waals surface area (Å²) >= 11 is 0. The zero-order valence-electron chi connectivity index (χ0n) is 14.1. The Morgan fingerprint density at radius 2 is 1.75 bits per heavy atom. The number of amides is 1. The van der Waals surface area contributed by atoms with Gasteiger partial charge in [-0.3, -0.25) is 4.79 Å². The van der Waals surface area contributed by atoms with Gasteiger partial charge in [-0.25, -0.2) is 0 Å². The van der Waals surface area contributed by atoms with Crippen molar-refractivity contribution in [2.45, 2.75) is 12.8 Å². The van der Waals surface area contributed by atoms with Crippen LogP contribution in [0, 0.1) is 0 Å². The summed E-state index contributed by atoms with van der Waals surface area (Å²) in [6.45, 7) is 0. The number of nitrogens with one attached hydrogen (secondary N) is 1. The van der Waals surface area contributed by atoms with Crippen LogP contribution >= 0.6 is 0 Å². The van der Waals surface area contributed by atoms with E-state index in [0.717, 1.165) is 5.56 Å². The Bertz CT molecular complexity index is 716. The summed E-state index contributed by atoms with van der Waals surface area (Å²) < 4.78 is 15.6. The molecule has 2 aromatic rings. The minimum Gasteiger partial charge on any atom is -0.497 e. The number of ether oxygens (including phenoxy) is 3. The van der Waals surface area contributed by atoms with Gasteiger partial charge in [0.25, 0.3) is 0 Å². The number of hydrogen-bond acceptors (Lipinski definition) is 5. The predicted molar refractivity (Wildman–Crippen MR) is 93.9 cm³/mol. The maximum Gasteiger partial charge on any atom is 0.224 e. The normalized spacial score (nSPS) is 10.1. The molecule has 24 heavy (non-hydrogen) atoms. The molecule has 2 rings (SSSR count). The first-order valence-corrected chi connectivity index (χ1v) is 7.51. The van der Waals surface area contributed by atoms with Gasteiger partial charge in [-0.2, -0.15) is 0 Å². The number of benzene rings is 2. The second-order valence-corrected chi connectivity index (χ2v) is 5.19. The number of rotatable bonds is 7. The Hall–Kier alpha value is -2.89. The third kappa shape index (κ3) is 4.32. The van der Waals surface area contributed by atoms with Crippen molar-refractivity contribution in [1.82, 2.24) is 0 Å². The minimum absolute atomic E-state index is 0.121. The lowest BCUT2D eigenvalue weighted by molar-refractivity contribution is -0.116. The fourth-order valence-electron chi connectivity index (χ4n) is 2.28. The quantitative estimate of drug-likeness (QED) is 0.763. The summed E-state index contributed by atoms with van der Waals surface area (Å²) in [7, 11) is 4.73. The largest absolute Gasteiger partial charge is 0.497 e. The van der Waals surface area contributed by atoms with Crippen molar-refractivity contribution >= 4 is 17.3 Å². The number of nitrogens with two attached hydrogens (primary N) is 1. The van der Waals surface area contributed by atoms with Crippen LogP contribution in [0.1, 0.15) is 12.0 Å². The zero-order chi connectivity index (χ0) is 17.5. The lowest BCUT2D eigenvalue weighted by Crippen LogP contribution is -2.13. The fraction of sp³-hybridized carbons (Fsp3) is 0.278. The Kier molecular flexibility index (Phi) is 5.89. The number of carbonyl (C=O) groups excluding carboxylic acids is 1. The Labute approximate surface area is 141 Å². The molecular weight excluding hydrogens is 308 g/mol. The SMILES string of the molecule is COc1ccc(N)c(NC(=O)CCc2ccc(OC)c(OC)c2)c1. The van der Waals surface area contributed by atoms with E-state index < -0.39 is 0 Å². The highest BCUT2D eigenvalue weighted by molar-refractivity contribution is 5.94. The smallest absolute Gasteiger partial charge is 0.224 e. The van der Waals surface area contributed by atoms with E-state index in [0.29, 0.717) is 41.5 Å². The lowest BCUT2D eigenvalue weighted by Gasteiger charge is -2.11. The van der Waals surface area contributed by atoms with E-state index in [1.165, 1.54) is 0 Å². The van der Waals surface area contributed by atoms with Crippen LogP contribution in [0.5, 0.6) is 17.2 Å². The summed E-state index contributed by atoms with van der Waals surface area (Å²) in [6, 6.07) is 10.7. The molecular formula is C18H22N2O4. The fourth-order valence-corrected chi connectivity index (χ4v) is 2.28. The van der Waals surface area contributed by atoms with Gasteiger partial charge in [0.2, 0.25) is 5.91 Å². The minimum atomic E-state index is -0.121. The maximum atomic E-state index is 12.2. The third-order valence-corrected chi connectivity index (χ3v) is 3.62. The van der Waals surface area contributed by atoms with Gasteiger partial charge >= 0.3 is 0 Å². The first kappa shape index (κ1) is 17.5. The van der Waals surface area contributed by atoms with Gasteiger partial charge in [-0.1, -0.05) is 6.07 Å². The summed E-state index contributed by atoms with van der Waals surface area (Å²) in [5.41, 5.74) is 7.90. The molecule has 0 aliphatic heterocycles. The van der Waals surface area contributed by atoms with E-state index in [2.05, 4.69) is 5.32 Å². The van der Waals surface area contributed by atoms with Crippen molar-refractivity contribution in [2.75, 3.05) is 32.4 Å². The van der Waals surface area contributed by atoms with Gasteiger partial charge in [-0.15, -0.1) is 0 Å². The summed E-state index contributed by atoms with van der Waals surface area (Å²) in [5, 5.41) is 2.81. The average Bonchev–Trinajstić information content (AvgIpc) is 2.61. The number of nitrogen functional groups attached to an aromatic ring is 1. The Balaban J connectivity index is 1.98. The topological polar surface area (TPSA) is 82.8 Å². The van der Waals surface area contributed by atoms with Crippen molar-refractivity contribution in [3.05, 3.63) is 42.0 Å². The van der Waals surface area contributed by atoms with Crippen LogP contribution in [-0.4, -0.2) is 27.2 Å². The van der Waals surface area contributed by atoms with E-state index in [-0.39, 0.29) is 5.91 Å². The van der Waals surface area contributed by atoms with E-state index in [1.807, 2.05) is 18.2 Å². The van der Waals surface area contributed by atoms with Gasteiger partial charge in [0.1, 0.15) is 5.75 Å². The van der Waals surface area contributed by atoms with Crippen molar-refractivity contribution < 1.29 is 19.0 Å². The van der Waals surface area contributed by atoms with E-state index in [1.54, 1.807) is 39.5 Å². The molecule has 0 bridgehead atoms. The molecule has 0 aliphatic rings. The zero-order valence-corrected chi connectivity index (χ0v) is 14.1. The number of carbonyl (C=O) groups is 1. The number of methoxy groups -OCH3 is 3. The van der Waals surface area contributed by atoms with Crippen LogP contribution in [0.15, 0.2) is 36.4 Å². The average molecular weight is 330 g/mol. The van der Waals surface area contributed by atoms with Crippen molar-refractivity contribution in [3.63, 3.8) is 0 Å². The van der Waals surface area contributed by atoms with Crippen LogP contribution < -0.4 is 25.3 Å². The van der Waals surface area contributed by atoms with E-state index in [9.17, 15) is 4.79 Å². The molecule has 0 unspecified atom stereocenters. The van der Waals surface area contributed by atoms with Gasteiger partial charge in [-0.05, 0) is 36.2 Å². The molecule has 0 saturated heterocycles. The Morgan fingerprint density at radius 3 is 2.42 bits per heavy atom. The molecule has 0 radical (unpaired) electrons. The molecule has 128 valence electrons. The third-order valence-electron chi connectivity index (χ3n) is 3.62. The van der Waals surface area contributed by atoms with Crippen molar-refractivity contribution in [1.29, 1.82) is 0 Å². The summed E-state index contributed by atoms with van der Waals surface area (Å²) in [5.74, 6) is 1.83. The molecule has 0 aromatic heterocycles. The monoisotopic (exact) mass is 330 g/mol. The van der Waals surface area contributed by atoms with E-state index >= 15 is 0 Å². The van der Waals surface area contributed by atoms with Gasteiger partial charge in [0.15, 0.2) is 11.5 Å². The maximum absolute atomic E-state index is 12.2. The molecule has 3 N–H and O–H groups in total. The second-order valence-electron chi connectivity index (χ2n) is 5.19. The van der Waals surface area contributed by atoms with Gasteiger partial charge in [0, 0.05) is 12.5 Å². The van der Waals surface area contributed by atoms with Crippen LogP contribution in [0.4, 0.5) is 11.4 Å². The molecule has 6 heteroatoms. The Morgan fingerprint density at radius 1 is 1.00 bits per heavy atom. The molecule has 0 aliphatic carbocycles. The first-order valence-electron chi connectivity index (χ1n) is 7.51. The molecule has 6 nitrogen and oxygen atoms in total. The highest BCUT2D eigenvalue weighted by Crippen LogP contribution is 2.28. The van der Waals surface area contributed by atoms with Crippen LogP contribution in [0.2, 0.25) is 0 Å². The molecule has 0 fully saturated rings. The van der Waals surface area contributed by atoms with E-state index in [4.69, 9.17) is 19.9 Å². The van der Waals surface area contributed by atoms with Crippen LogP contribution in [0.3, 0.4) is 0 Å². The lowest BCUT2D eigenvalue weighted by atomic mass is 10.1. The number of hydrogen-bond donors (Lipinski definition) is 2. The highest BCUT2D eigenvalue weighted by atomic mass is 16.5.